The lowest BCUT2D eigenvalue weighted by Crippen LogP contribution is -2.51. The fourth-order valence-corrected chi connectivity index (χ4v) is 10.8. The van der Waals surface area contributed by atoms with E-state index < -0.39 is 16.6 Å². The standard InChI is InChI=1S/C48H45Br3N6/c1-31(37-19-16-34(25-40(37)49)43-13-7-10-22-52-43)55-46(4)28-47(5,56-32(2)38-20-17-35(26-41(38)50)44-14-8-11-23-53-44)30-48(6,29-46)57-33(3)39-21-18-36(27-42(39)51)45-15-9-12-24-54-45/h7-27H,28-30H2,1-6H3. The Labute approximate surface area is 361 Å². The van der Waals surface area contributed by atoms with Gasteiger partial charge in [-0.3, -0.25) is 29.9 Å². The highest BCUT2D eigenvalue weighted by Crippen LogP contribution is 2.48. The number of benzene rings is 3. The van der Waals surface area contributed by atoms with Crippen LogP contribution in [0.1, 0.15) is 77.5 Å². The predicted octanol–water partition coefficient (Wildman–Crippen LogP) is 13.4. The highest BCUT2D eigenvalue weighted by Gasteiger charge is 2.49. The Balaban J connectivity index is 1.26. The summed E-state index contributed by atoms with van der Waals surface area (Å²) in [5.74, 6) is 0. The predicted molar refractivity (Wildman–Crippen MR) is 248 cm³/mol. The van der Waals surface area contributed by atoms with E-state index in [9.17, 15) is 0 Å². The van der Waals surface area contributed by atoms with E-state index in [0.29, 0.717) is 0 Å². The lowest BCUT2D eigenvalue weighted by Gasteiger charge is -2.48. The first-order valence-electron chi connectivity index (χ1n) is 19.1. The second-order valence-electron chi connectivity index (χ2n) is 15.8. The molecule has 0 atom stereocenters. The summed E-state index contributed by atoms with van der Waals surface area (Å²) in [6.45, 7) is 13.1. The van der Waals surface area contributed by atoms with Crippen LogP contribution in [0.5, 0.6) is 0 Å². The molecule has 3 aromatic carbocycles. The van der Waals surface area contributed by atoms with Gasteiger partial charge >= 0.3 is 0 Å². The van der Waals surface area contributed by atoms with Gasteiger partial charge in [-0.1, -0.05) is 102 Å². The van der Waals surface area contributed by atoms with Crippen LogP contribution in [-0.2, 0) is 0 Å². The first kappa shape index (κ1) is 40.7. The second-order valence-corrected chi connectivity index (χ2v) is 18.4. The Morgan fingerprint density at radius 1 is 0.439 bits per heavy atom. The molecule has 1 fully saturated rings. The molecule has 288 valence electrons. The molecule has 9 heteroatoms. The lowest BCUT2D eigenvalue weighted by atomic mass is 9.65. The minimum atomic E-state index is -0.474. The molecule has 3 aromatic heterocycles. The van der Waals surface area contributed by atoms with Crippen LogP contribution in [0.2, 0.25) is 0 Å². The topological polar surface area (TPSA) is 75.8 Å². The zero-order chi connectivity index (χ0) is 40.4. The summed E-state index contributed by atoms with van der Waals surface area (Å²) >= 11 is 11.6. The van der Waals surface area contributed by atoms with Crippen molar-refractivity contribution in [2.45, 2.75) is 77.4 Å². The zero-order valence-corrected chi connectivity index (χ0v) is 37.8. The van der Waals surface area contributed by atoms with Crippen LogP contribution in [0.4, 0.5) is 0 Å². The number of halogens is 3. The van der Waals surface area contributed by atoms with Crippen LogP contribution in [0, 0.1) is 0 Å². The molecule has 0 radical (unpaired) electrons. The molecule has 1 aliphatic carbocycles. The SMILES string of the molecule is CC(=NC1(C)CC(C)(N=C(C)c2ccc(-c3ccccn3)cc2Br)CC(C)(N=C(C)c2ccc(-c3ccccn3)cc2Br)C1)c1ccc(-c2ccccn2)cc1Br. The van der Waals surface area contributed by atoms with Gasteiger partial charge < -0.3 is 0 Å². The first-order chi connectivity index (χ1) is 27.2. The average Bonchev–Trinajstić information content (AvgIpc) is 3.17. The van der Waals surface area contributed by atoms with Crippen molar-refractivity contribution in [3.05, 3.63) is 158 Å². The quantitative estimate of drug-likeness (QED) is 0.136. The normalized spacial score (nSPS) is 21.7. The van der Waals surface area contributed by atoms with Gasteiger partial charge in [-0.2, -0.15) is 0 Å². The molecule has 7 rings (SSSR count). The fourth-order valence-electron chi connectivity index (χ4n) is 8.79. The molecule has 1 aliphatic rings. The van der Waals surface area contributed by atoms with E-state index in [2.05, 4.69) is 159 Å². The van der Waals surface area contributed by atoms with Gasteiger partial charge in [-0.25, -0.2) is 0 Å². The van der Waals surface area contributed by atoms with Gasteiger partial charge in [0.25, 0.3) is 0 Å². The van der Waals surface area contributed by atoms with Crippen LogP contribution in [0.3, 0.4) is 0 Å². The van der Waals surface area contributed by atoms with E-state index in [1.807, 2.05) is 73.2 Å². The van der Waals surface area contributed by atoms with Gasteiger partial charge in [0, 0.05) is 82.5 Å². The van der Waals surface area contributed by atoms with Crippen LogP contribution in [0.15, 0.2) is 156 Å². The molecular weight excluding hydrogens is 900 g/mol. The van der Waals surface area contributed by atoms with Crippen molar-refractivity contribution in [3.8, 4) is 33.8 Å². The number of nitrogens with zero attached hydrogens (tertiary/aromatic N) is 6. The number of aromatic nitrogens is 3. The minimum absolute atomic E-state index is 0.474. The molecule has 0 saturated heterocycles. The second kappa shape index (κ2) is 16.8. The summed E-state index contributed by atoms with van der Waals surface area (Å²) in [7, 11) is 0. The molecule has 0 aliphatic heterocycles. The Morgan fingerprint density at radius 3 is 0.947 bits per heavy atom. The van der Waals surface area contributed by atoms with Gasteiger partial charge in [0.2, 0.25) is 0 Å². The molecule has 0 unspecified atom stereocenters. The van der Waals surface area contributed by atoms with Crippen molar-refractivity contribution in [1.82, 2.24) is 15.0 Å². The molecule has 6 aromatic rings. The number of pyridine rings is 3. The van der Waals surface area contributed by atoms with Crippen molar-refractivity contribution in [2.75, 3.05) is 0 Å². The summed E-state index contributed by atoms with van der Waals surface area (Å²) in [4.78, 5) is 30.4. The number of hydrogen-bond donors (Lipinski definition) is 0. The van der Waals surface area contributed by atoms with Crippen molar-refractivity contribution < 1.29 is 0 Å². The number of rotatable bonds is 9. The van der Waals surface area contributed by atoms with Crippen LogP contribution in [-0.4, -0.2) is 48.7 Å². The molecular formula is C48H45Br3N6. The molecule has 0 amide bonds. The Bertz CT molecular complexity index is 2210. The van der Waals surface area contributed by atoms with E-state index in [4.69, 9.17) is 15.0 Å². The molecule has 0 N–H and O–H groups in total. The Kier molecular flexibility index (Phi) is 12.0. The van der Waals surface area contributed by atoms with E-state index in [1.165, 1.54) is 0 Å². The fraction of sp³-hybridized carbons (Fsp3) is 0.250. The maximum atomic E-state index is 5.58. The van der Waals surface area contributed by atoms with Crippen LogP contribution < -0.4 is 0 Å². The molecule has 6 nitrogen and oxygen atoms in total. The average molecular weight is 946 g/mol. The summed E-state index contributed by atoms with van der Waals surface area (Å²) in [6, 6.07) is 37.1. The lowest BCUT2D eigenvalue weighted by molar-refractivity contribution is 0.148. The van der Waals surface area contributed by atoms with Crippen LogP contribution in [0.25, 0.3) is 33.8 Å². The third kappa shape index (κ3) is 9.48. The van der Waals surface area contributed by atoms with Gasteiger partial charge in [0.15, 0.2) is 0 Å². The smallest absolute Gasteiger partial charge is 0.0702 e. The maximum absolute atomic E-state index is 5.58. The van der Waals surface area contributed by atoms with Crippen molar-refractivity contribution in [3.63, 3.8) is 0 Å². The summed E-state index contributed by atoms with van der Waals surface area (Å²) in [5, 5.41) is 0. The molecule has 1 saturated carbocycles. The molecule has 0 bridgehead atoms. The van der Waals surface area contributed by atoms with E-state index in [0.717, 1.165) is 100 Å². The molecule has 0 spiro atoms. The molecule has 3 heterocycles. The van der Waals surface area contributed by atoms with E-state index in [-0.39, 0.29) is 0 Å². The Morgan fingerprint density at radius 2 is 0.719 bits per heavy atom. The van der Waals surface area contributed by atoms with E-state index in [1.54, 1.807) is 0 Å². The maximum Gasteiger partial charge on any atom is 0.0702 e. The number of aliphatic imine (C=N–C) groups is 3. The Hall–Kier alpha value is -4.44. The monoisotopic (exact) mass is 942 g/mol. The van der Waals surface area contributed by atoms with Crippen molar-refractivity contribution >= 4 is 64.9 Å². The molecule has 57 heavy (non-hydrogen) atoms. The largest absolute Gasteiger partial charge is 0.283 e. The summed E-state index contributed by atoms with van der Waals surface area (Å²) in [5.41, 5.74) is 10.6. The van der Waals surface area contributed by atoms with Gasteiger partial charge in [0.05, 0.1) is 33.7 Å². The zero-order valence-electron chi connectivity index (χ0n) is 33.1. The highest BCUT2D eigenvalue weighted by molar-refractivity contribution is 9.11. The number of hydrogen-bond acceptors (Lipinski definition) is 6. The van der Waals surface area contributed by atoms with Crippen molar-refractivity contribution in [2.24, 2.45) is 15.0 Å². The third-order valence-electron chi connectivity index (χ3n) is 10.6. The van der Waals surface area contributed by atoms with Gasteiger partial charge in [-0.15, -0.1) is 0 Å². The summed E-state index contributed by atoms with van der Waals surface area (Å²) < 4.78 is 2.95. The van der Waals surface area contributed by atoms with Crippen molar-refractivity contribution in [1.29, 1.82) is 0 Å². The van der Waals surface area contributed by atoms with E-state index >= 15 is 0 Å². The first-order valence-corrected chi connectivity index (χ1v) is 21.4. The van der Waals surface area contributed by atoms with Gasteiger partial charge in [0.1, 0.15) is 0 Å². The van der Waals surface area contributed by atoms with Crippen LogP contribution >= 0.6 is 47.8 Å². The minimum Gasteiger partial charge on any atom is -0.283 e. The summed E-state index contributed by atoms with van der Waals surface area (Å²) in [6.07, 6.45) is 7.74. The third-order valence-corrected chi connectivity index (χ3v) is 12.5. The highest BCUT2D eigenvalue weighted by atomic mass is 79.9. The van der Waals surface area contributed by atoms with Gasteiger partial charge in [-0.05, 0) is 115 Å².